The second kappa shape index (κ2) is 32.6. The summed E-state index contributed by atoms with van der Waals surface area (Å²) in [6.07, 6.45) is -15.1. The zero-order chi connectivity index (χ0) is 66.4. The van der Waals surface area contributed by atoms with Crippen molar-refractivity contribution in [1.82, 2.24) is 36.4 Å². The first-order valence-electron chi connectivity index (χ1n) is 29.6. The highest BCUT2D eigenvalue weighted by Gasteiger charge is 2.51. The lowest BCUT2D eigenvalue weighted by atomic mass is 9.96. The van der Waals surface area contributed by atoms with Gasteiger partial charge in [-0.25, -0.2) is 5.26 Å². The summed E-state index contributed by atoms with van der Waals surface area (Å²) in [7, 11) is 0. The molecule has 4 fully saturated rings. The number of phenols is 1. The number of ether oxygens (including phenoxy) is 1. The van der Waals surface area contributed by atoms with Crippen molar-refractivity contribution in [2.24, 2.45) is 11.7 Å². The highest BCUT2D eigenvalue weighted by atomic mass is 32.2. The van der Waals surface area contributed by atoms with E-state index in [1.54, 1.807) is 12.1 Å². The smallest absolute Gasteiger partial charge is 0.261 e. The molecule has 0 spiro atoms. The molecular formula is C58H80N10O22S. The highest BCUT2D eigenvalue weighted by molar-refractivity contribution is 7.90. The molecule has 17 N–H and O–H groups in total. The number of aliphatic hydroxyl groups is 8. The van der Waals surface area contributed by atoms with Gasteiger partial charge in [-0.1, -0.05) is 48.5 Å². The van der Waals surface area contributed by atoms with Crippen LogP contribution in [0.1, 0.15) is 87.7 Å². The Labute approximate surface area is 526 Å². The number of benzene rings is 3. The Balaban J connectivity index is 1.17. The fraction of sp³-hybridized carbons (Fsp3) is 0.552. The summed E-state index contributed by atoms with van der Waals surface area (Å²) >= 11 is -0.0312. The maximum atomic E-state index is 14.7. The maximum Gasteiger partial charge on any atom is 0.261 e. The molecule has 0 radical (unpaired) electrons. The van der Waals surface area contributed by atoms with E-state index in [1.165, 1.54) is 19.1 Å². The Morgan fingerprint density at radius 1 is 0.736 bits per heavy atom. The van der Waals surface area contributed by atoms with Crippen molar-refractivity contribution in [3.05, 3.63) is 77.9 Å². The van der Waals surface area contributed by atoms with Gasteiger partial charge >= 0.3 is 0 Å². The molecule has 0 aliphatic carbocycles. The SMILES string of the molecule is CCCCCCOc1ccc(N2CCN(c3ccc(C(=O)NC4CC(O)C(O)NC(=O)C5C(O)C(C)CN5C(=O)C(C(O)CC(N)=O)NC(=O)C(C(O)C(O)c5ccc(O)c(OSOOO)c5)NC(=O)C5CC(O)CN5C(=O)C(C(C)O)NC4=O)cc3)CC2)cc1. The van der Waals surface area contributed by atoms with Crippen molar-refractivity contribution in [1.29, 1.82) is 0 Å². The minimum atomic E-state index is -2.55. The number of hydrogen-bond acceptors (Lipinski definition) is 25. The van der Waals surface area contributed by atoms with E-state index in [-0.39, 0.29) is 23.5 Å². The molecule has 15 atom stereocenters. The Hall–Kier alpha value is -7.67. The summed E-state index contributed by atoms with van der Waals surface area (Å²) in [4.78, 5) is 119. The predicted molar refractivity (Wildman–Crippen MR) is 319 cm³/mol. The molecule has 500 valence electrons. The molecule has 3 aromatic carbocycles. The van der Waals surface area contributed by atoms with Crippen LogP contribution < -0.4 is 51.0 Å². The third kappa shape index (κ3) is 18.1. The van der Waals surface area contributed by atoms with Crippen molar-refractivity contribution in [2.45, 2.75) is 151 Å². The van der Waals surface area contributed by atoms with E-state index in [9.17, 15) is 84.3 Å². The lowest BCUT2D eigenvalue weighted by Gasteiger charge is -2.37. The second-order valence-electron chi connectivity index (χ2n) is 22.9. The number of nitrogens with one attached hydrogen (secondary N) is 5. The van der Waals surface area contributed by atoms with Gasteiger partial charge in [0.1, 0.15) is 60.3 Å². The number of hydrogen-bond donors (Lipinski definition) is 16. The van der Waals surface area contributed by atoms with E-state index in [1.807, 2.05) is 24.3 Å². The molecule has 0 bridgehead atoms. The number of nitrogens with zero attached hydrogens (tertiary/aromatic N) is 4. The third-order valence-electron chi connectivity index (χ3n) is 16.3. The molecule has 0 saturated carbocycles. The number of phenolic OH excluding ortho intramolecular Hbond substituents is 1. The zero-order valence-electron chi connectivity index (χ0n) is 50.1. The van der Waals surface area contributed by atoms with Gasteiger partial charge in [0.2, 0.25) is 41.4 Å². The van der Waals surface area contributed by atoms with Crippen LogP contribution in [0, 0.1) is 5.92 Å². The average molecular weight is 1300 g/mol. The van der Waals surface area contributed by atoms with E-state index < -0.39 is 182 Å². The van der Waals surface area contributed by atoms with Crippen molar-refractivity contribution in [3.8, 4) is 17.2 Å². The lowest BCUT2D eigenvalue weighted by molar-refractivity contribution is -0.433. The van der Waals surface area contributed by atoms with Crippen LogP contribution in [0.25, 0.3) is 0 Å². The third-order valence-corrected chi connectivity index (χ3v) is 16.7. The summed E-state index contributed by atoms with van der Waals surface area (Å²) in [6, 6.07) is 4.37. The highest BCUT2D eigenvalue weighted by Crippen LogP contribution is 2.34. The zero-order valence-corrected chi connectivity index (χ0v) is 50.9. The molecule has 4 aliphatic heterocycles. The van der Waals surface area contributed by atoms with Crippen LogP contribution in [0.15, 0.2) is 66.7 Å². The van der Waals surface area contributed by atoms with Crippen LogP contribution in [-0.2, 0) is 42.9 Å². The van der Waals surface area contributed by atoms with Crippen molar-refractivity contribution in [3.63, 3.8) is 0 Å². The van der Waals surface area contributed by atoms with Gasteiger partial charge in [-0.2, -0.15) is 0 Å². The number of nitrogens with two attached hydrogens (primary N) is 1. The minimum absolute atomic E-state index is 0.00491. The Bertz CT molecular complexity index is 3000. The van der Waals surface area contributed by atoms with Crippen LogP contribution in [-0.4, -0.2) is 233 Å². The van der Waals surface area contributed by atoms with E-state index in [0.29, 0.717) is 42.6 Å². The Kier molecular flexibility index (Phi) is 25.3. The van der Waals surface area contributed by atoms with Crippen LogP contribution >= 0.6 is 12.3 Å². The summed E-state index contributed by atoms with van der Waals surface area (Å²) in [5.41, 5.74) is 6.80. The van der Waals surface area contributed by atoms with E-state index in [4.69, 9.17) is 19.9 Å². The lowest BCUT2D eigenvalue weighted by Crippen LogP contribution is -2.64. The number of amides is 8. The summed E-state index contributed by atoms with van der Waals surface area (Å²) in [5.74, 6) is -11.8. The number of anilines is 2. The number of aliphatic hydroxyl groups excluding tert-OH is 8. The number of carbonyl (C=O) groups is 8. The number of piperazine rings is 1. The first-order valence-corrected chi connectivity index (χ1v) is 30.3. The topological polar surface area (TPSA) is 475 Å². The average Bonchev–Trinajstić information content (AvgIpc) is 1.78. The molecule has 3 aromatic rings. The van der Waals surface area contributed by atoms with Gasteiger partial charge in [0.15, 0.2) is 17.7 Å². The number of carbonyl (C=O) groups excluding carboxylic acids is 8. The summed E-state index contributed by atoms with van der Waals surface area (Å²) in [5, 5.41) is 125. The van der Waals surface area contributed by atoms with Crippen LogP contribution in [0.2, 0.25) is 0 Å². The van der Waals surface area contributed by atoms with E-state index in [2.05, 4.69) is 52.7 Å². The first kappa shape index (κ1) is 70.8. The van der Waals surface area contributed by atoms with Crippen LogP contribution in [0.3, 0.4) is 0 Å². The molecular weight excluding hydrogens is 1220 g/mol. The van der Waals surface area contributed by atoms with E-state index >= 15 is 0 Å². The fourth-order valence-corrected chi connectivity index (χ4v) is 11.5. The van der Waals surface area contributed by atoms with Crippen LogP contribution in [0.4, 0.5) is 11.4 Å². The van der Waals surface area contributed by atoms with Gasteiger partial charge in [-0.3, -0.25) is 38.4 Å². The van der Waals surface area contributed by atoms with Crippen molar-refractivity contribution in [2.75, 3.05) is 55.7 Å². The largest absolute Gasteiger partial charge is 0.504 e. The molecule has 4 saturated heterocycles. The quantitative estimate of drug-likeness (QED) is 0.0215. The normalized spacial score (nSPS) is 27.0. The molecule has 91 heavy (non-hydrogen) atoms. The number of fused-ring (bicyclic) bond motifs is 2. The summed E-state index contributed by atoms with van der Waals surface area (Å²) < 4.78 is 15.1. The van der Waals surface area contributed by atoms with Gasteiger partial charge in [0.05, 0.1) is 37.4 Å². The molecule has 0 aromatic heterocycles. The number of rotatable bonds is 21. The Morgan fingerprint density at radius 3 is 1.97 bits per heavy atom. The molecule has 15 unspecified atom stereocenters. The number of aromatic hydroxyl groups is 1. The van der Waals surface area contributed by atoms with Gasteiger partial charge in [0.25, 0.3) is 18.2 Å². The standard InChI is InChI=1S/C58H80N10O22S/c1-4-5-6-7-22-87-36-15-13-34(14-16-36)66-20-18-65(19-21-66)33-11-8-31(9-12-33)51(78)60-37-25-41(73)54(81)64-56(83)47-48(75)29(2)27-68(47)58(85)45(40(72)26-43(59)74)62-55(82)46(50(77)49(76)32-10-17-39(71)42(23-32)88-91-90-89-86)63-53(80)38-24-35(70)28-67(38)57(84)44(30(3)69)61-52(37)79/h8-17,23,29-30,35,37-38,40-41,44-50,54,69-73,75-77,81,86H,4-7,18-22,24-28H2,1-3H3,(H2,59,74)(H,60,78)(H,61,79)(H,62,82)(H,63,80)(H,64,83). The van der Waals surface area contributed by atoms with E-state index in [0.717, 1.165) is 67.9 Å². The second-order valence-corrected chi connectivity index (χ2v) is 23.3. The molecule has 32 nitrogen and oxygen atoms in total. The van der Waals surface area contributed by atoms with Gasteiger partial charge in [-0.05, 0) is 79.6 Å². The molecule has 33 heteroatoms. The molecule has 7 rings (SSSR count). The van der Waals surface area contributed by atoms with Gasteiger partial charge in [0, 0.05) is 75.0 Å². The Morgan fingerprint density at radius 2 is 1.35 bits per heavy atom. The van der Waals surface area contributed by atoms with Gasteiger partial charge in [-0.15, -0.1) is 0 Å². The van der Waals surface area contributed by atoms with Crippen molar-refractivity contribution >= 4 is 71.0 Å². The molecule has 4 heterocycles. The minimum Gasteiger partial charge on any atom is -0.504 e. The van der Waals surface area contributed by atoms with Gasteiger partial charge < -0.3 is 107 Å². The fourth-order valence-electron chi connectivity index (χ4n) is 11.2. The van der Waals surface area contributed by atoms with Crippen LogP contribution in [0.5, 0.6) is 17.2 Å². The first-order chi connectivity index (χ1) is 43.3. The monoisotopic (exact) mass is 1300 g/mol. The summed E-state index contributed by atoms with van der Waals surface area (Å²) in [6.45, 7) is 6.63. The maximum absolute atomic E-state index is 14.7. The predicted octanol–water partition coefficient (Wildman–Crippen LogP) is -3.33. The number of primary amides is 1. The molecule has 4 aliphatic rings. The number of unbranched alkanes of at least 4 members (excludes halogenated alkanes) is 3. The molecule has 8 amide bonds. The van der Waals surface area contributed by atoms with Crippen molar-refractivity contribution < 1.29 is 108 Å².